The van der Waals surface area contributed by atoms with E-state index in [9.17, 15) is 38.0 Å². The van der Waals surface area contributed by atoms with E-state index < -0.39 is 57.3 Å². The number of cyclic esters (lactones) is 2. The van der Waals surface area contributed by atoms with Gasteiger partial charge >= 0.3 is 24.0 Å². The van der Waals surface area contributed by atoms with Crippen molar-refractivity contribution in [1.29, 1.82) is 0 Å². The van der Waals surface area contributed by atoms with E-state index in [0.29, 0.717) is 18.2 Å². The zero-order chi connectivity index (χ0) is 19.9. The maximum atomic E-state index is 12.4. The first-order valence-corrected chi connectivity index (χ1v) is 6.74. The van der Waals surface area contributed by atoms with Crippen LogP contribution in [-0.4, -0.2) is 34.1 Å². The number of benzene rings is 1. The predicted octanol–water partition coefficient (Wildman–Crippen LogP) is 2.42. The fourth-order valence-corrected chi connectivity index (χ4v) is 1.99. The highest BCUT2D eigenvalue weighted by Crippen LogP contribution is 2.38. The summed E-state index contributed by atoms with van der Waals surface area (Å²) in [6, 6.07) is 0.897. The number of phenolic OH excluding ortho intramolecular Hbond substituents is 1. The van der Waals surface area contributed by atoms with Crippen LogP contribution < -0.4 is 4.74 Å². The molecule has 1 aromatic rings. The summed E-state index contributed by atoms with van der Waals surface area (Å²) in [5.74, 6) is -6.05. The summed E-state index contributed by atoms with van der Waals surface area (Å²) >= 11 is 0. The average molecular weight is 377 g/mol. The van der Waals surface area contributed by atoms with Gasteiger partial charge in [-0.2, -0.15) is 0 Å². The van der Waals surface area contributed by atoms with Gasteiger partial charge in [-0.05, 0) is 12.1 Å². The van der Waals surface area contributed by atoms with E-state index in [1.807, 2.05) is 0 Å². The highest BCUT2D eigenvalue weighted by molar-refractivity contribution is 6.19. The molecule has 26 heavy (non-hydrogen) atoms. The Labute approximate surface area is 142 Å². The first kappa shape index (κ1) is 19.0. The van der Waals surface area contributed by atoms with Crippen LogP contribution in [0.3, 0.4) is 0 Å². The summed E-state index contributed by atoms with van der Waals surface area (Å²) in [6.07, 6.45) is -4.56. The van der Waals surface area contributed by atoms with Gasteiger partial charge in [-0.1, -0.05) is 0 Å². The molecule has 0 aromatic heterocycles. The molecule has 0 unspecified atom stereocenters. The zero-order valence-corrected chi connectivity index (χ0v) is 13.1. The molecular formula is C14H10F3NO8. The van der Waals surface area contributed by atoms with Gasteiger partial charge in [-0.15, -0.1) is 13.2 Å². The molecular weight excluding hydrogens is 367 g/mol. The van der Waals surface area contributed by atoms with E-state index in [2.05, 4.69) is 4.74 Å². The molecule has 0 spiro atoms. The number of aromatic hydroxyl groups is 1. The normalized spacial score (nSPS) is 16.6. The molecule has 1 fully saturated rings. The highest BCUT2D eigenvalue weighted by Gasteiger charge is 2.39. The minimum atomic E-state index is -5.16. The molecule has 1 saturated heterocycles. The van der Waals surface area contributed by atoms with Gasteiger partial charge in [0.05, 0.1) is 11.0 Å². The highest BCUT2D eigenvalue weighted by atomic mass is 19.4. The van der Waals surface area contributed by atoms with Gasteiger partial charge in [0, 0.05) is 19.4 Å². The number of nitro groups is 1. The molecule has 1 N–H and O–H groups in total. The molecule has 0 bridgehead atoms. The van der Waals surface area contributed by atoms with Crippen LogP contribution in [0.15, 0.2) is 17.7 Å². The quantitative estimate of drug-likeness (QED) is 0.280. The largest absolute Gasteiger partial charge is 0.573 e. The van der Waals surface area contributed by atoms with Crippen LogP contribution in [0.4, 0.5) is 18.9 Å². The van der Waals surface area contributed by atoms with Gasteiger partial charge in [0.1, 0.15) is 11.3 Å². The van der Waals surface area contributed by atoms with Gasteiger partial charge in [-0.3, -0.25) is 10.1 Å². The Balaban J connectivity index is 2.56. The SMILES string of the molecule is CC1(C)OC(=O)C(=Cc2cc(OC(F)(F)F)cc([N+](=O)[O-])c2O)C(=O)O1. The van der Waals surface area contributed by atoms with Crippen LogP contribution in [-0.2, 0) is 19.1 Å². The van der Waals surface area contributed by atoms with Crippen molar-refractivity contribution < 1.29 is 47.0 Å². The van der Waals surface area contributed by atoms with Gasteiger partial charge in [0.25, 0.3) is 5.79 Å². The number of esters is 2. The van der Waals surface area contributed by atoms with Gasteiger partial charge in [0.15, 0.2) is 0 Å². The third kappa shape index (κ3) is 4.20. The Kier molecular flexibility index (Phi) is 4.54. The van der Waals surface area contributed by atoms with Crippen molar-refractivity contribution in [2.75, 3.05) is 0 Å². The number of carbonyl (C=O) groups is 2. The Bertz CT molecular complexity index is 806. The minimum Gasteiger partial charge on any atom is -0.502 e. The van der Waals surface area contributed by atoms with Crippen molar-refractivity contribution in [2.24, 2.45) is 0 Å². The number of phenols is 1. The van der Waals surface area contributed by atoms with E-state index in [4.69, 9.17) is 9.47 Å². The molecule has 1 aliphatic heterocycles. The molecule has 9 nitrogen and oxygen atoms in total. The second kappa shape index (κ2) is 6.20. The van der Waals surface area contributed by atoms with Crippen molar-refractivity contribution in [2.45, 2.75) is 26.0 Å². The Morgan fingerprint density at radius 2 is 1.77 bits per heavy atom. The first-order valence-electron chi connectivity index (χ1n) is 6.74. The smallest absolute Gasteiger partial charge is 0.502 e. The van der Waals surface area contributed by atoms with Crippen molar-refractivity contribution in [3.8, 4) is 11.5 Å². The van der Waals surface area contributed by atoms with Crippen LogP contribution in [0.2, 0.25) is 0 Å². The van der Waals surface area contributed by atoms with E-state index in [0.717, 1.165) is 0 Å². The number of carbonyl (C=O) groups excluding carboxylic acids is 2. The number of halogens is 3. The topological polar surface area (TPSA) is 125 Å². The molecule has 1 aromatic carbocycles. The Morgan fingerprint density at radius 1 is 1.23 bits per heavy atom. The summed E-state index contributed by atoms with van der Waals surface area (Å²) < 4.78 is 50.2. The molecule has 0 atom stereocenters. The fraction of sp³-hybridized carbons (Fsp3) is 0.286. The standard InChI is InChI=1S/C14H10F3NO8/c1-13(2)25-11(20)8(12(21)26-13)4-6-3-7(24-14(15,16)17)5-9(10(6)19)18(22)23/h3-5,19H,1-2H3. The number of nitro benzene ring substituents is 1. The maximum absolute atomic E-state index is 12.4. The Hall–Kier alpha value is -3.31. The molecule has 0 radical (unpaired) electrons. The number of nitrogens with zero attached hydrogens (tertiary/aromatic N) is 1. The molecule has 12 heteroatoms. The van der Waals surface area contributed by atoms with Crippen LogP contribution in [0.1, 0.15) is 19.4 Å². The number of hydrogen-bond acceptors (Lipinski definition) is 8. The molecule has 1 heterocycles. The Morgan fingerprint density at radius 3 is 2.23 bits per heavy atom. The van der Waals surface area contributed by atoms with Crippen LogP contribution in [0.5, 0.6) is 11.5 Å². The molecule has 140 valence electrons. The summed E-state index contributed by atoms with van der Waals surface area (Å²) in [5, 5.41) is 20.8. The number of alkyl halides is 3. The lowest BCUT2D eigenvalue weighted by Gasteiger charge is -2.29. The fourth-order valence-electron chi connectivity index (χ4n) is 1.99. The van der Waals surface area contributed by atoms with Crippen molar-refractivity contribution in [3.63, 3.8) is 0 Å². The van der Waals surface area contributed by atoms with E-state index >= 15 is 0 Å². The van der Waals surface area contributed by atoms with Crippen LogP contribution >= 0.6 is 0 Å². The predicted molar refractivity (Wildman–Crippen MR) is 75.7 cm³/mol. The third-order valence-electron chi connectivity index (χ3n) is 2.94. The van der Waals surface area contributed by atoms with Crippen molar-refractivity contribution in [1.82, 2.24) is 0 Å². The van der Waals surface area contributed by atoms with Gasteiger partial charge in [0.2, 0.25) is 5.75 Å². The summed E-state index contributed by atoms with van der Waals surface area (Å²) in [5.41, 5.74) is -2.56. The molecule has 2 rings (SSSR count). The molecule has 0 aliphatic carbocycles. The molecule has 1 aliphatic rings. The number of rotatable bonds is 3. The van der Waals surface area contributed by atoms with Gasteiger partial charge in [-0.25, -0.2) is 9.59 Å². The third-order valence-corrected chi connectivity index (χ3v) is 2.94. The van der Waals surface area contributed by atoms with E-state index in [1.54, 1.807) is 0 Å². The zero-order valence-electron chi connectivity index (χ0n) is 13.1. The van der Waals surface area contributed by atoms with Crippen molar-refractivity contribution >= 4 is 23.7 Å². The monoisotopic (exact) mass is 377 g/mol. The maximum Gasteiger partial charge on any atom is 0.573 e. The second-order valence-electron chi connectivity index (χ2n) is 5.42. The average Bonchev–Trinajstić information content (AvgIpc) is 2.42. The van der Waals surface area contributed by atoms with Crippen LogP contribution in [0, 0.1) is 10.1 Å². The molecule has 0 amide bonds. The second-order valence-corrected chi connectivity index (χ2v) is 5.42. The minimum absolute atomic E-state index is 0.339. The lowest BCUT2D eigenvalue weighted by molar-refractivity contribution is -0.386. The lowest BCUT2D eigenvalue weighted by atomic mass is 10.1. The summed E-state index contributed by atoms with van der Waals surface area (Å²) in [4.78, 5) is 33.4. The summed E-state index contributed by atoms with van der Waals surface area (Å²) in [7, 11) is 0. The molecule has 0 saturated carbocycles. The van der Waals surface area contributed by atoms with Crippen LogP contribution in [0.25, 0.3) is 6.08 Å². The number of ether oxygens (including phenoxy) is 3. The first-order chi connectivity index (χ1) is 11.8. The van der Waals surface area contributed by atoms with E-state index in [-0.39, 0.29) is 0 Å². The van der Waals surface area contributed by atoms with Crippen molar-refractivity contribution in [3.05, 3.63) is 33.4 Å². The van der Waals surface area contributed by atoms with Gasteiger partial charge < -0.3 is 19.3 Å². The van der Waals surface area contributed by atoms with E-state index in [1.165, 1.54) is 13.8 Å². The number of hydrogen-bond donors (Lipinski definition) is 1. The lowest BCUT2D eigenvalue weighted by Crippen LogP contribution is -2.41. The summed E-state index contributed by atoms with van der Waals surface area (Å²) in [6.45, 7) is 2.53.